The SMILES string of the molecule is CCOc1cccc(CNc2ccc(S(=O)(=O)N(CC)CC)cc2[N+](=O)[O-])c1. The fourth-order valence-corrected chi connectivity index (χ4v) is 4.27. The first kappa shape index (κ1) is 21.6. The van der Waals surface area contributed by atoms with Gasteiger partial charge in [-0.2, -0.15) is 4.31 Å². The van der Waals surface area contributed by atoms with Crippen LogP contribution >= 0.6 is 0 Å². The molecule has 2 aromatic carbocycles. The van der Waals surface area contributed by atoms with E-state index in [2.05, 4.69) is 5.32 Å². The van der Waals surface area contributed by atoms with Gasteiger partial charge in [0, 0.05) is 25.7 Å². The fraction of sp³-hybridized carbons (Fsp3) is 0.368. The maximum absolute atomic E-state index is 12.6. The Balaban J connectivity index is 2.28. The van der Waals surface area contributed by atoms with Gasteiger partial charge >= 0.3 is 0 Å². The number of nitrogens with one attached hydrogen (secondary N) is 1. The normalized spacial score (nSPS) is 11.4. The molecule has 0 fully saturated rings. The van der Waals surface area contributed by atoms with Gasteiger partial charge in [0.1, 0.15) is 11.4 Å². The van der Waals surface area contributed by atoms with Gasteiger partial charge in [0.25, 0.3) is 5.69 Å². The van der Waals surface area contributed by atoms with Crippen molar-refractivity contribution in [3.8, 4) is 5.75 Å². The predicted molar refractivity (Wildman–Crippen MR) is 108 cm³/mol. The average Bonchev–Trinajstić information content (AvgIpc) is 2.67. The van der Waals surface area contributed by atoms with Crippen LogP contribution in [0, 0.1) is 10.1 Å². The third kappa shape index (κ3) is 4.99. The van der Waals surface area contributed by atoms with E-state index >= 15 is 0 Å². The molecule has 8 nitrogen and oxygen atoms in total. The Morgan fingerprint density at radius 2 is 1.82 bits per heavy atom. The fourth-order valence-electron chi connectivity index (χ4n) is 2.79. The molecule has 0 saturated carbocycles. The molecule has 0 saturated heterocycles. The molecule has 152 valence electrons. The minimum Gasteiger partial charge on any atom is -0.494 e. The Hall–Kier alpha value is -2.65. The minimum atomic E-state index is -3.77. The van der Waals surface area contributed by atoms with E-state index in [9.17, 15) is 18.5 Å². The van der Waals surface area contributed by atoms with Gasteiger partial charge in [0.15, 0.2) is 0 Å². The third-order valence-electron chi connectivity index (χ3n) is 4.20. The first-order valence-corrected chi connectivity index (χ1v) is 10.5. The maximum atomic E-state index is 12.6. The molecule has 0 aliphatic heterocycles. The number of anilines is 1. The van der Waals surface area contributed by atoms with Crippen LogP contribution in [0.2, 0.25) is 0 Å². The number of sulfonamides is 1. The number of rotatable bonds is 10. The highest BCUT2D eigenvalue weighted by molar-refractivity contribution is 7.89. The van der Waals surface area contributed by atoms with E-state index in [0.29, 0.717) is 26.2 Å². The zero-order chi connectivity index (χ0) is 20.7. The molecule has 1 N–H and O–H groups in total. The van der Waals surface area contributed by atoms with Gasteiger partial charge in [-0.3, -0.25) is 10.1 Å². The van der Waals surface area contributed by atoms with Crippen molar-refractivity contribution in [3.05, 3.63) is 58.1 Å². The highest BCUT2D eigenvalue weighted by Crippen LogP contribution is 2.29. The zero-order valence-corrected chi connectivity index (χ0v) is 17.0. The van der Waals surface area contributed by atoms with Gasteiger partial charge in [0.2, 0.25) is 10.0 Å². The molecular formula is C19H25N3O5S. The average molecular weight is 407 g/mol. The monoisotopic (exact) mass is 407 g/mol. The molecule has 28 heavy (non-hydrogen) atoms. The second-order valence-corrected chi connectivity index (χ2v) is 7.90. The zero-order valence-electron chi connectivity index (χ0n) is 16.2. The molecule has 0 atom stereocenters. The van der Waals surface area contributed by atoms with Gasteiger partial charge in [0.05, 0.1) is 16.4 Å². The van der Waals surface area contributed by atoms with Crippen LogP contribution in [0.15, 0.2) is 47.4 Å². The van der Waals surface area contributed by atoms with E-state index in [4.69, 9.17) is 4.74 Å². The third-order valence-corrected chi connectivity index (χ3v) is 6.25. The van der Waals surface area contributed by atoms with Crippen molar-refractivity contribution in [2.75, 3.05) is 25.0 Å². The molecule has 0 radical (unpaired) electrons. The molecule has 0 unspecified atom stereocenters. The van der Waals surface area contributed by atoms with Crippen LogP contribution in [0.1, 0.15) is 26.3 Å². The Kier molecular flexibility index (Phi) is 7.36. The maximum Gasteiger partial charge on any atom is 0.293 e. The summed E-state index contributed by atoms with van der Waals surface area (Å²) in [6.45, 7) is 6.81. The molecule has 0 aromatic heterocycles. The summed E-state index contributed by atoms with van der Waals surface area (Å²) in [6, 6.07) is 11.3. The summed E-state index contributed by atoms with van der Waals surface area (Å²) in [5.41, 5.74) is 0.861. The Morgan fingerprint density at radius 1 is 1.11 bits per heavy atom. The lowest BCUT2D eigenvalue weighted by Crippen LogP contribution is -2.30. The Labute approximate surface area is 165 Å². The molecule has 2 aromatic rings. The molecule has 0 bridgehead atoms. The van der Waals surface area contributed by atoms with Crippen LogP contribution < -0.4 is 10.1 Å². The van der Waals surface area contributed by atoms with E-state index in [1.165, 1.54) is 16.4 Å². The van der Waals surface area contributed by atoms with Crippen LogP contribution in [0.25, 0.3) is 0 Å². The van der Waals surface area contributed by atoms with Gasteiger partial charge in [-0.25, -0.2) is 8.42 Å². The standard InChI is InChI=1S/C19H25N3O5S/c1-4-21(5-2)28(25,26)17-10-11-18(19(13-17)22(23)24)20-14-15-8-7-9-16(12-15)27-6-3/h7-13,20H,4-6,14H2,1-3H3. The van der Waals surface area contributed by atoms with E-state index in [0.717, 1.165) is 17.4 Å². The summed E-state index contributed by atoms with van der Waals surface area (Å²) < 4.78 is 32.0. The van der Waals surface area contributed by atoms with Gasteiger partial charge < -0.3 is 10.1 Å². The van der Waals surface area contributed by atoms with Crippen molar-refractivity contribution < 1.29 is 18.1 Å². The number of hydrogen-bond acceptors (Lipinski definition) is 6. The molecule has 2 rings (SSSR count). The van der Waals surface area contributed by atoms with Crippen LogP contribution in [0.3, 0.4) is 0 Å². The largest absolute Gasteiger partial charge is 0.494 e. The number of nitro benzene ring substituents is 1. The molecule has 0 heterocycles. The molecule has 0 amide bonds. The lowest BCUT2D eigenvalue weighted by molar-refractivity contribution is -0.384. The summed E-state index contributed by atoms with van der Waals surface area (Å²) in [4.78, 5) is 10.8. The Bertz CT molecular complexity index is 927. The smallest absolute Gasteiger partial charge is 0.293 e. The van der Waals surface area contributed by atoms with Gasteiger partial charge in [-0.1, -0.05) is 26.0 Å². The predicted octanol–water partition coefficient (Wildman–Crippen LogP) is 3.64. The van der Waals surface area contributed by atoms with Gasteiger partial charge in [-0.05, 0) is 36.8 Å². The van der Waals surface area contributed by atoms with Crippen LogP contribution in [-0.4, -0.2) is 37.3 Å². The first-order valence-electron chi connectivity index (χ1n) is 9.07. The van der Waals surface area contributed by atoms with Crippen molar-refractivity contribution >= 4 is 21.4 Å². The minimum absolute atomic E-state index is 0.0909. The highest BCUT2D eigenvalue weighted by Gasteiger charge is 2.25. The summed E-state index contributed by atoms with van der Waals surface area (Å²) in [5, 5.41) is 14.5. The number of benzene rings is 2. The molecule has 9 heteroatoms. The van der Waals surface area contributed by atoms with E-state index in [1.54, 1.807) is 13.8 Å². The molecule has 0 aliphatic rings. The van der Waals surface area contributed by atoms with E-state index < -0.39 is 14.9 Å². The van der Waals surface area contributed by atoms with Crippen molar-refractivity contribution in [3.63, 3.8) is 0 Å². The number of ether oxygens (including phenoxy) is 1. The Morgan fingerprint density at radius 3 is 2.43 bits per heavy atom. The van der Waals surface area contributed by atoms with Crippen molar-refractivity contribution in [1.29, 1.82) is 0 Å². The van der Waals surface area contributed by atoms with E-state index in [1.807, 2.05) is 31.2 Å². The first-order chi connectivity index (χ1) is 13.3. The lowest BCUT2D eigenvalue weighted by Gasteiger charge is -2.18. The van der Waals surface area contributed by atoms with Crippen molar-refractivity contribution in [2.24, 2.45) is 0 Å². The molecule has 0 aliphatic carbocycles. The number of nitrogens with zero attached hydrogens (tertiary/aromatic N) is 2. The number of hydrogen-bond donors (Lipinski definition) is 1. The highest BCUT2D eigenvalue weighted by atomic mass is 32.2. The summed E-state index contributed by atoms with van der Waals surface area (Å²) in [7, 11) is -3.77. The second kappa shape index (κ2) is 9.52. The van der Waals surface area contributed by atoms with Gasteiger partial charge in [-0.15, -0.1) is 0 Å². The summed E-state index contributed by atoms with van der Waals surface area (Å²) >= 11 is 0. The quantitative estimate of drug-likeness (QED) is 0.477. The van der Waals surface area contributed by atoms with Crippen LogP contribution in [0.5, 0.6) is 5.75 Å². The van der Waals surface area contributed by atoms with E-state index in [-0.39, 0.29) is 16.3 Å². The summed E-state index contributed by atoms with van der Waals surface area (Å²) in [6.07, 6.45) is 0. The van der Waals surface area contributed by atoms with Crippen molar-refractivity contribution in [1.82, 2.24) is 4.31 Å². The van der Waals surface area contributed by atoms with Crippen LogP contribution in [-0.2, 0) is 16.6 Å². The topological polar surface area (TPSA) is 102 Å². The van der Waals surface area contributed by atoms with Crippen LogP contribution in [0.4, 0.5) is 11.4 Å². The number of nitro groups is 1. The lowest BCUT2D eigenvalue weighted by atomic mass is 10.2. The van der Waals surface area contributed by atoms with Crippen molar-refractivity contribution in [2.45, 2.75) is 32.2 Å². The summed E-state index contributed by atoms with van der Waals surface area (Å²) in [5.74, 6) is 0.719. The second-order valence-electron chi connectivity index (χ2n) is 5.96. The molecule has 0 spiro atoms. The molecular weight excluding hydrogens is 382 g/mol.